The molecule has 0 unspecified atom stereocenters. The molecule has 1 heterocycles. The van der Waals surface area contributed by atoms with Crippen molar-refractivity contribution >= 4 is 43.2 Å². The first-order valence-electron chi connectivity index (χ1n) is 8.64. The van der Waals surface area contributed by atoms with Gasteiger partial charge in [-0.1, -0.05) is 41.7 Å². The molecule has 1 aromatic heterocycles. The summed E-state index contributed by atoms with van der Waals surface area (Å²) in [6.45, 7) is 2.47. The van der Waals surface area contributed by atoms with Gasteiger partial charge >= 0.3 is 4.87 Å². The van der Waals surface area contributed by atoms with Crippen LogP contribution in [0.25, 0.3) is 10.2 Å². The number of nitrogens with zero attached hydrogens (tertiary/aromatic N) is 2. The summed E-state index contributed by atoms with van der Waals surface area (Å²) in [5, 5.41) is 2.78. The predicted octanol–water partition coefficient (Wildman–Crippen LogP) is 2.65. The third-order valence-corrected chi connectivity index (χ3v) is 6.70. The Morgan fingerprint density at radius 2 is 1.89 bits per heavy atom. The van der Waals surface area contributed by atoms with Gasteiger partial charge in [-0.25, -0.2) is 8.42 Å². The first-order valence-corrected chi connectivity index (χ1v) is 11.3. The van der Waals surface area contributed by atoms with Crippen molar-refractivity contribution in [3.8, 4) is 0 Å². The van der Waals surface area contributed by atoms with Crippen molar-refractivity contribution in [2.24, 2.45) is 0 Å². The van der Waals surface area contributed by atoms with E-state index in [1.165, 1.54) is 7.05 Å². The van der Waals surface area contributed by atoms with Crippen LogP contribution >= 0.6 is 11.3 Å². The minimum atomic E-state index is -3.60. The highest BCUT2D eigenvalue weighted by Gasteiger charge is 2.30. The molecule has 1 amide bonds. The van der Waals surface area contributed by atoms with E-state index in [1.807, 2.05) is 6.92 Å². The van der Waals surface area contributed by atoms with E-state index in [2.05, 4.69) is 5.32 Å². The number of nitrogens with one attached hydrogen (secondary N) is 1. The summed E-state index contributed by atoms with van der Waals surface area (Å²) in [5.74, 6) is -0.472. The Morgan fingerprint density at radius 3 is 2.50 bits per heavy atom. The largest absolute Gasteiger partial charge is 0.324 e. The number of amides is 1. The SMILES string of the molecule is CCn1c(=O)sc2cc(NC(=O)[C@H](c3ccccc3)N(C)S(C)(=O)=O)ccc21. The fourth-order valence-electron chi connectivity index (χ4n) is 3.01. The van der Waals surface area contributed by atoms with Gasteiger partial charge in [0.2, 0.25) is 15.9 Å². The van der Waals surface area contributed by atoms with E-state index in [9.17, 15) is 18.0 Å². The smallest absolute Gasteiger partial charge is 0.308 e. The number of thiazole rings is 1. The van der Waals surface area contributed by atoms with Crippen LogP contribution in [0.2, 0.25) is 0 Å². The zero-order valence-electron chi connectivity index (χ0n) is 15.7. The second-order valence-corrected chi connectivity index (χ2v) is 9.41. The second-order valence-electron chi connectivity index (χ2n) is 6.38. The fourth-order valence-corrected chi connectivity index (χ4v) is 4.60. The molecule has 0 fully saturated rings. The lowest BCUT2D eigenvalue weighted by molar-refractivity contribution is -0.119. The Labute approximate surface area is 167 Å². The van der Waals surface area contributed by atoms with E-state index in [-0.39, 0.29) is 4.87 Å². The first kappa shape index (κ1) is 20.2. The van der Waals surface area contributed by atoms with Gasteiger partial charge in [-0.3, -0.25) is 14.2 Å². The zero-order chi connectivity index (χ0) is 20.5. The minimum absolute atomic E-state index is 0.0556. The lowest BCUT2D eigenvalue weighted by atomic mass is 10.1. The predicted molar refractivity (Wildman–Crippen MR) is 112 cm³/mol. The van der Waals surface area contributed by atoms with Gasteiger partial charge in [0.05, 0.1) is 16.5 Å². The number of aryl methyl sites for hydroxylation is 1. The van der Waals surface area contributed by atoms with Gasteiger partial charge in [0.25, 0.3) is 0 Å². The molecular formula is C19H21N3O4S2. The Bertz CT molecular complexity index is 1170. The summed E-state index contributed by atoms with van der Waals surface area (Å²) in [7, 11) is -2.22. The zero-order valence-corrected chi connectivity index (χ0v) is 17.4. The molecule has 9 heteroatoms. The van der Waals surface area contributed by atoms with Crippen molar-refractivity contribution in [3.63, 3.8) is 0 Å². The molecule has 1 atom stereocenters. The van der Waals surface area contributed by atoms with Crippen molar-refractivity contribution < 1.29 is 13.2 Å². The van der Waals surface area contributed by atoms with E-state index in [4.69, 9.17) is 0 Å². The number of fused-ring (bicyclic) bond motifs is 1. The second kappa shape index (κ2) is 7.86. The Balaban J connectivity index is 1.96. The summed E-state index contributed by atoms with van der Waals surface area (Å²) >= 11 is 1.11. The van der Waals surface area contributed by atoms with Crippen molar-refractivity contribution in [2.45, 2.75) is 19.5 Å². The molecule has 3 aromatic rings. The van der Waals surface area contributed by atoms with Gasteiger partial charge in [-0.05, 0) is 30.7 Å². The average Bonchev–Trinajstić information content (AvgIpc) is 2.96. The van der Waals surface area contributed by atoms with Crippen LogP contribution in [0.5, 0.6) is 0 Å². The highest BCUT2D eigenvalue weighted by Crippen LogP contribution is 2.26. The monoisotopic (exact) mass is 419 g/mol. The number of carbonyl (C=O) groups is 1. The van der Waals surface area contributed by atoms with Gasteiger partial charge in [-0.2, -0.15) is 4.31 Å². The van der Waals surface area contributed by atoms with Crippen LogP contribution in [0.3, 0.4) is 0 Å². The van der Waals surface area contributed by atoms with Gasteiger partial charge in [0.1, 0.15) is 6.04 Å². The summed E-state index contributed by atoms with van der Waals surface area (Å²) in [6.07, 6.45) is 1.06. The summed E-state index contributed by atoms with van der Waals surface area (Å²) in [6, 6.07) is 12.9. The van der Waals surface area contributed by atoms with Crippen LogP contribution in [-0.2, 0) is 21.4 Å². The Morgan fingerprint density at radius 1 is 1.21 bits per heavy atom. The molecule has 0 saturated carbocycles. The maximum atomic E-state index is 13.0. The van der Waals surface area contributed by atoms with Gasteiger partial charge in [0.15, 0.2) is 0 Å². The number of anilines is 1. The number of carbonyl (C=O) groups excluding carboxylic acids is 1. The molecule has 0 aliphatic carbocycles. The summed E-state index contributed by atoms with van der Waals surface area (Å²) < 4.78 is 27.6. The molecule has 148 valence electrons. The highest BCUT2D eigenvalue weighted by atomic mass is 32.2. The van der Waals surface area contributed by atoms with Crippen molar-refractivity contribution in [3.05, 3.63) is 63.8 Å². The topological polar surface area (TPSA) is 88.5 Å². The number of benzene rings is 2. The lowest BCUT2D eigenvalue weighted by Crippen LogP contribution is -2.38. The van der Waals surface area contributed by atoms with Gasteiger partial charge in [-0.15, -0.1) is 0 Å². The maximum Gasteiger partial charge on any atom is 0.308 e. The van der Waals surface area contributed by atoms with E-state index in [1.54, 1.807) is 53.1 Å². The number of aromatic nitrogens is 1. The lowest BCUT2D eigenvalue weighted by Gasteiger charge is -2.25. The maximum absolute atomic E-state index is 13.0. The quantitative estimate of drug-likeness (QED) is 0.665. The number of likely N-dealkylation sites (N-methyl/N-ethyl adjacent to an activating group) is 1. The standard InChI is InChI=1S/C19H21N3O4S2/c1-4-22-15-11-10-14(12-16(15)27-19(22)24)20-18(23)17(21(2)28(3,25)26)13-8-6-5-7-9-13/h5-12,17H,4H2,1-3H3,(H,20,23)/t17-/m0/s1. The van der Waals surface area contributed by atoms with Crippen LogP contribution in [-0.4, -0.2) is 36.5 Å². The van der Waals surface area contributed by atoms with Crippen molar-refractivity contribution in [1.82, 2.24) is 8.87 Å². The molecule has 7 nitrogen and oxygen atoms in total. The molecule has 0 bridgehead atoms. The van der Waals surface area contributed by atoms with Gasteiger partial charge < -0.3 is 5.32 Å². The molecule has 0 saturated heterocycles. The van der Waals surface area contributed by atoms with Crippen LogP contribution in [0, 0.1) is 0 Å². The molecule has 1 N–H and O–H groups in total. The van der Waals surface area contributed by atoms with Crippen LogP contribution in [0.1, 0.15) is 18.5 Å². The Kier molecular flexibility index (Phi) is 5.69. The Hall–Kier alpha value is -2.49. The van der Waals surface area contributed by atoms with Gasteiger partial charge in [0, 0.05) is 19.3 Å². The molecular weight excluding hydrogens is 398 g/mol. The third kappa shape index (κ3) is 4.01. The fraction of sp³-hybridized carbons (Fsp3) is 0.263. The van der Waals surface area contributed by atoms with E-state index < -0.39 is 22.0 Å². The number of rotatable bonds is 6. The van der Waals surface area contributed by atoms with E-state index in [0.717, 1.165) is 32.1 Å². The third-order valence-electron chi connectivity index (χ3n) is 4.50. The summed E-state index contributed by atoms with van der Waals surface area (Å²) in [4.78, 5) is 24.9. The number of hydrogen-bond acceptors (Lipinski definition) is 5. The average molecular weight is 420 g/mol. The highest BCUT2D eigenvalue weighted by molar-refractivity contribution is 7.88. The minimum Gasteiger partial charge on any atom is -0.324 e. The summed E-state index contributed by atoms with van der Waals surface area (Å²) in [5.41, 5.74) is 1.88. The van der Waals surface area contributed by atoms with Crippen molar-refractivity contribution in [2.75, 3.05) is 18.6 Å². The van der Waals surface area contributed by atoms with E-state index >= 15 is 0 Å². The number of hydrogen-bond donors (Lipinski definition) is 1. The number of sulfonamides is 1. The first-order chi connectivity index (χ1) is 13.2. The van der Waals surface area contributed by atoms with Crippen LogP contribution in [0.4, 0.5) is 5.69 Å². The molecule has 0 spiro atoms. The molecule has 2 aromatic carbocycles. The normalized spacial score (nSPS) is 13.0. The molecule has 0 radical (unpaired) electrons. The molecule has 0 aliphatic heterocycles. The molecule has 0 aliphatic rings. The van der Waals surface area contributed by atoms with Crippen LogP contribution in [0.15, 0.2) is 53.3 Å². The molecule has 28 heavy (non-hydrogen) atoms. The van der Waals surface area contributed by atoms with E-state index in [0.29, 0.717) is 17.8 Å². The van der Waals surface area contributed by atoms with Crippen LogP contribution < -0.4 is 10.2 Å². The van der Waals surface area contributed by atoms with Crippen molar-refractivity contribution in [1.29, 1.82) is 0 Å². The molecule has 3 rings (SSSR count).